The highest BCUT2D eigenvalue weighted by atomic mass is 16.3. The molecule has 0 saturated carbocycles. The van der Waals surface area contributed by atoms with Crippen LogP contribution in [0.1, 0.15) is 0 Å². The molecule has 3 heterocycles. The second kappa shape index (κ2) is 5.51. The third kappa shape index (κ3) is 2.35. The molecule has 0 aliphatic carbocycles. The van der Waals surface area contributed by atoms with E-state index in [2.05, 4.69) is 30.5 Å². The minimum Gasteiger partial charge on any atom is -0.507 e. The minimum absolute atomic E-state index is 0.0958. The summed E-state index contributed by atoms with van der Waals surface area (Å²) in [6, 6.07) is 8.76. The highest BCUT2D eigenvalue weighted by molar-refractivity contribution is 5.80. The Morgan fingerprint density at radius 3 is 2.67 bits per heavy atom. The number of phenolic OH excluding ortho intramolecular Hbond substituents is 1. The first-order chi connectivity index (χ1) is 11.7. The van der Waals surface area contributed by atoms with Crippen LogP contribution in [0.15, 0.2) is 54.0 Å². The predicted molar refractivity (Wildman–Crippen MR) is 86.8 cm³/mol. The number of nitrogens with zero attached hydrogens (tertiary/aromatic N) is 5. The first-order valence-corrected chi connectivity index (χ1v) is 7.07. The molecule has 0 radical (unpaired) electrons. The molecule has 3 N–H and O–H groups in total. The molecule has 4 aromatic rings. The van der Waals surface area contributed by atoms with Crippen molar-refractivity contribution in [2.24, 2.45) is 5.11 Å². The number of fused-ring (bicyclic) bond motifs is 1. The van der Waals surface area contributed by atoms with Crippen LogP contribution < -0.4 is 0 Å². The fraction of sp³-hybridized carbons (Fsp3) is 0. The van der Waals surface area contributed by atoms with E-state index in [1.165, 1.54) is 6.20 Å². The molecule has 116 valence electrons. The van der Waals surface area contributed by atoms with Crippen molar-refractivity contribution in [3.05, 3.63) is 48.9 Å². The number of aromatic hydroxyl groups is 1. The first kappa shape index (κ1) is 13.9. The van der Waals surface area contributed by atoms with Gasteiger partial charge >= 0.3 is 0 Å². The Morgan fingerprint density at radius 1 is 0.958 bits per heavy atom. The molecule has 0 aliphatic rings. The normalized spacial score (nSPS) is 10.8. The Bertz CT molecular complexity index is 1060. The van der Waals surface area contributed by atoms with Gasteiger partial charge in [0.2, 0.25) is 0 Å². The monoisotopic (exact) mass is 317 g/mol. The van der Waals surface area contributed by atoms with Crippen molar-refractivity contribution in [1.29, 1.82) is 5.53 Å². The zero-order valence-electron chi connectivity index (χ0n) is 12.3. The summed E-state index contributed by atoms with van der Waals surface area (Å²) in [6.45, 7) is 0. The standard InChI is InChI=1S/C16H11N7O/c17-20-11-3-10(6-18-7-11)12-2-1-9(4-16(12)24)13-5-14-15(8-19-13)22-23-21-14/h1-8,17,24H,(H,21,22,23). The highest BCUT2D eigenvalue weighted by Gasteiger charge is 2.10. The van der Waals surface area contributed by atoms with Gasteiger partial charge in [0.05, 0.1) is 18.1 Å². The molecule has 0 spiro atoms. The maximum absolute atomic E-state index is 10.4. The number of hydrogen-bond acceptors (Lipinski definition) is 7. The molecule has 4 rings (SSSR count). The summed E-state index contributed by atoms with van der Waals surface area (Å²) in [5.41, 5.74) is 11.6. The minimum atomic E-state index is 0.0958. The molecule has 0 bridgehead atoms. The van der Waals surface area contributed by atoms with Crippen LogP contribution in [0.3, 0.4) is 0 Å². The van der Waals surface area contributed by atoms with E-state index in [1.54, 1.807) is 36.7 Å². The van der Waals surface area contributed by atoms with E-state index in [4.69, 9.17) is 5.53 Å². The number of nitrogens with one attached hydrogen (secondary N) is 2. The van der Waals surface area contributed by atoms with Crippen molar-refractivity contribution < 1.29 is 5.11 Å². The summed E-state index contributed by atoms with van der Waals surface area (Å²) in [6.07, 6.45) is 4.73. The van der Waals surface area contributed by atoms with Gasteiger partial charge in [-0.1, -0.05) is 6.07 Å². The summed E-state index contributed by atoms with van der Waals surface area (Å²) in [5.74, 6) is 0.0958. The second-order valence-electron chi connectivity index (χ2n) is 5.16. The second-order valence-corrected chi connectivity index (χ2v) is 5.16. The lowest BCUT2D eigenvalue weighted by Gasteiger charge is -2.07. The molecular formula is C16H11N7O. The third-order valence-corrected chi connectivity index (χ3v) is 3.66. The van der Waals surface area contributed by atoms with Crippen molar-refractivity contribution in [2.75, 3.05) is 0 Å². The Hall–Kier alpha value is -3.68. The smallest absolute Gasteiger partial charge is 0.131 e. The van der Waals surface area contributed by atoms with E-state index in [0.717, 1.165) is 5.56 Å². The number of benzene rings is 1. The van der Waals surface area contributed by atoms with Gasteiger partial charge in [0.15, 0.2) is 0 Å². The molecule has 0 atom stereocenters. The number of rotatable bonds is 3. The van der Waals surface area contributed by atoms with Crippen molar-refractivity contribution in [3.63, 3.8) is 0 Å². The van der Waals surface area contributed by atoms with E-state index in [-0.39, 0.29) is 5.75 Å². The fourth-order valence-electron chi connectivity index (χ4n) is 2.48. The SMILES string of the molecule is N=Nc1cncc(-c2ccc(-c3cc4n[nH]nc4cn3)cc2O)c1. The molecule has 8 heteroatoms. The van der Waals surface area contributed by atoms with Crippen LogP contribution >= 0.6 is 0 Å². The Balaban J connectivity index is 1.77. The van der Waals surface area contributed by atoms with E-state index in [9.17, 15) is 5.11 Å². The van der Waals surface area contributed by atoms with Gasteiger partial charge < -0.3 is 5.11 Å². The number of aromatic amines is 1. The lowest BCUT2D eigenvalue weighted by molar-refractivity contribution is 0.477. The van der Waals surface area contributed by atoms with Gasteiger partial charge in [-0.15, -0.1) is 0 Å². The van der Waals surface area contributed by atoms with E-state index in [1.807, 2.05) is 6.07 Å². The van der Waals surface area contributed by atoms with Gasteiger partial charge in [-0.05, 0) is 24.3 Å². The molecule has 0 saturated heterocycles. The molecule has 0 amide bonds. The molecule has 0 unspecified atom stereocenters. The van der Waals surface area contributed by atoms with Crippen LogP contribution in [0.25, 0.3) is 33.4 Å². The molecule has 3 aromatic heterocycles. The number of hydrogen-bond donors (Lipinski definition) is 3. The number of H-pyrrole nitrogens is 1. The number of pyridine rings is 2. The van der Waals surface area contributed by atoms with Crippen molar-refractivity contribution in [1.82, 2.24) is 25.4 Å². The first-order valence-electron chi connectivity index (χ1n) is 7.07. The van der Waals surface area contributed by atoms with Gasteiger partial charge in [-0.25, -0.2) is 5.53 Å². The summed E-state index contributed by atoms with van der Waals surface area (Å²) < 4.78 is 0. The van der Waals surface area contributed by atoms with Gasteiger partial charge in [-0.3, -0.25) is 9.97 Å². The largest absolute Gasteiger partial charge is 0.507 e. The van der Waals surface area contributed by atoms with Gasteiger partial charge in [0, 0.05) is 22.9 Å². The Kier molecular flexibility index (Phi) is 3.20. The molecule has 24 heavy (non-hydrogen) atoms. The lowest BCUT2D eigenvalue weighted by atomic mass is 10.0. The fourth-order valence-corrected chi connectivity index (χ4v) is 2.48. The lowest BCUT2D eigenvalue weighted by Crippen LogP contribution is -1.86. The number of aromatic nitrogens is 5. The average Bonchev–Trinajstić information content (AvgIpc) is 3.09. The van der Waals surface area contributed by atoms with Crippen LogP contribution in [-0.2, 0) is 0 Å². The summed E-state index contributed by atoms with van der Waals surface area (Å²) in [5, 5.41) is 24.3. The van der Waals surface area contributed by atoms with E-state index in [0.29, 0.717) is 33.5 Å². The van der Waals surface area contributed by atoms with Crippen molar-refractivity contribution in [3.8, 4) is 28.1 Å². The zero-order chi connectivity index (χ0) is 16.5. The quantitative estimate of drug-likeness (QED) is 0.499. The molecular weight excluding hydrogens is 306 g/mol. The third-order valence-electron chi connectivity index (χ3n) is 3.66. The highest BCUT2D eigenvalue weighted by Crippen LogP contribution is 2.34. The Morgan fingerprint density at radius 2 is 1.83 bits per heavy atom. The molecule has 8 nitrogen and oxygen atoms in total. The zero-order valence-corrected chi connectivity index (χ0v) is 12.3. The van der Waals surface area contributed by atoms with Crippen molar-refractivity contribution in [2.45, 2.75) is 0 Å². The predicted octanol–water partition coefficient (Wildman–Crippen LogP) is 3.45. The van der Waals surface area contributed by atoms with Crippen LogP contribution in [0.4, 0.5) is 5.69 Å². The number of phenols is 1. The molecule has 0 aliphatic heterocycles. The molecule has 1 aromatic carbocycles. The molecule has 0 fully saturated rings. The van der Waals surface area contributed by atoms with Crippen LogP contribution in [0.2, 0.25) is 0 Å². The van der Waals surface area contributed by atoms with E-state index >= 15 is 0 Å². The maximum Gasteiger partial charge on any atom is 0.131 e. The van der Waals surface area contributed by atoms with Crippen LogP contribution in [0, 0.1) is 5.53 Å². The van der Waals surface area contributed by atoms with Gasteiger partial charge in [0.25, 0.3) is 0 Å². The summed E-state index contributed by atoms with van der Waals surface area (Å²) >= 11 is 0. The van der Waals surface area contributed by atoms with E-state index < -0.39 is 0 Å². The van der Waals surface area contributed by atoms with Gasteiger partial charge in [-0.2, -0.15) is 20.5 Å². The Labute approximate surface area is 135 Å². The topological polar surface area (TPSA) is 124 Å². The maximum atomic E-state index is 10.4. The summed E-state index contributed by atoms with van der Waals surface area (Å²) in [7, 11) is 0. The van der Waals surface area contributed by atoms with Crippen LogP contribution in [-0.4, -0.2) is 30.5 Å². The van der Waals surface area contributed by atoms with Crippen LogP contribution in [0.5, 0.6) is 5.75 Å². The average molecular weight is 317 g/mol. The summed E-state index contributed by atoms with van der Waals surface area (Å²) in [4.78, 5) is 8.36. The van der Waals surface area contributed by atoms with Gasteiger partial charge in [0.1, 0.15) is 22.5 Å². The van der Waals surface area contributed by atoms with Crippen molar-refractivity contribution >= 4 is 16.7 Å².